The van der Waals surface area contributed by atoms with Crippen molar-refractivity contribution >= 4 is 11.9 Å². The van der Waals surface area contributed by atoms with Crippen molar-refractivity contribution in [1.82, 2.24) is 15.5 Å². The molecule has 1 heterocycles. The smallest absolute Gasteiger partial charge is 0.330 e. The van der Waals surface area contributed by atoms with Crippen LogP contribution in [0.1, 0.15) is 35.1 Å². The molecule has 98 valence electrons. The first-order valence-corrected chi connectivity index (χ1v) is 5.63. The lowest BCUT2D eigenvalue weighted by atomic mass is 10.2. The minimum Gasteiger partial charge on any atom is -0.478 e. The van der Waals surface area contributed by atoms with Crippen LogP contribution >= 0.6 is 0 Å². The summed E-state index contributed by atoms with van der Waals surface area (Å²) in [5.74, 6) is -1.14. The molecule has 0 radical (unpaired) electrons. The minimum atomic E-state index is -0.942. The monoisotopic (exact) mass is 251 g/mol. The van der Waals surface area contributed by atoms with Crippen molar-refractivity contribution < 1.29 is 14.7 Å². The second kappa shape index (κ2) is 6.00. The summed E-state index contributed by atoms with van der Waals surface area (Å²) >= 11 is 0. The van der Waals surface area contributed by atoms with E-state index in [1.54, 1.807) is 19.9 Å². The number of carboxylic acid groups (broad SMARTS) is 1. The van der Waals surface area contributed by atoms with E-state index >= 15 is 0 Å². The number of hydrogen-bond acceptors (Lipinski definition) is 3. The molecule has 6 nitrogen and oxygen atoms in total. The molecule has 0 spiro atoms. The molecule has 0 bridgehead atoms. The topological polar surface area (TPSA) is 95.1 Å². The summed E-state index contributed by atoms with van der Waals surface area (Å²) in [4.78, 5) is 22.4. The van der Waals surface area contributed by atoms with Crippen LogP contribution in [0.5, 0.6) is 0 Å². The van der Waals surface area contributed by atoms with E-state index in [0.29, 0.717) is 24.2 Å². The molecular weight excluding hydrogens is 234 g/mol. The van der Waals surface area contributed by atoms with E-state index in [1.807, 2.05) is 0 Å². The van der Waals surface area contributed by atoms with E-state index in [2.05, 4.69) is 15.5 Å². The number of amides is 1. The molecule has 0 fully saturated rings. The van der Waals surface area contributed by atoms with E-state index in [4.69, 9.17) is 5.11 Å². The Morgan fingerprint density at radius 1 is 1.44 bits per heavy atom. The van der Waals surface area contributed by atoms with Gasteiger partial charge in [-0.3, -0.25) is 9.89 Å². The van der Waals surface area contributed by atoms with Crippen LogP contribution in [0.4, 0.5) is 0 Å². The Morgan fingerprint density at radius 2 is 2.11 bits per heavy atom. The summed E-state index contributed by atoms with van der Waals surface area (Å²) in [5, 5.41) is 18.1. The number of carbonyl (C=O) groups is 2. The van der Waals surface area contributed by atoms with Gasteiger partial charge in [-0.1, -0.05) is 6.08 Å². The predicted molar refractivity (Wildman–Crippen MR) is 66.4 cm³/mol. The molecule has 0 aromatic carbocycles. The number of carbonyl (C=O) groups excluding carboxylic acids is 1. The highest BCUT2D eigenvalue weighted by atomic mass is 16.4. The van der Waals surface area contributed by atoms with E-state index in [0.717, 1.165) is 5.69 Å². The maximum atomic E-state index is 11.8. The lowest BCUT2D eigenvalue weighted by Crippen LogP contribution is -2.25. The number of nitrogens with one attached hydrogen (secondary N) is 2. The van der Waals surface area contributed by atoms with Crippen LogP contribution in [0.15, 0.2) is 11.6 Å². The van der Waals surface area contributed by atoms with Gasteiger partial charge < -0.3 is 10.4 Å². The fourth-order valence-corrected chi connectivity index (χ4v) is 1.54. The zero-order valence-corrected chi connectivity index (χ0v) is 10.7. The van der Waals surface area contributed by atoms with Gasteiger partial charge in [0.15, 0.2) is 0 Å². The average molecular weight is 251 g/mol. The van der Waals surface area contributed by atoms with Crippen molar-refractivity contribution in [3.8, 4) is 0 Å². The van der Waals surface area contributed by atoms with Gasteiger partial charge in [-0.05, 0) is 27.2 Å². The van der Waals surface area contributed by atoms with Gasteiger partial charge in [-0.15, -0.1) is 0 Å². The maximum Gasteiger partial charge on any atom is 0.330 e. The van der Waals surface area contributed by atoms with Crippen LogP contribution in [-0.2, 0) is 4.79 Å². The molecule has 0 aliphatic carbocycles. The fraction of sp³-hybridized carbons (Fsp3) is 0.417. The van der Waals surface area contributed by atoms with Crippen molar-refractivity contribution in [3.63, 3.8) is 0 Å². The number of rotatable bonds is 5. The molecule has 6 heteroatoms. The Hall–Kier alpha value is -2.11. The summed E-state index contributed by atoms with van der Waals surface area (Å²) < 4.78 is 0. The second-order valence-corrected chi connectivity index (χ2v) is 4.05. The predicted octanol–water partition coefficient (Wildman–Crippen LogP) is 1.18. The van der Waals surface area contributed by atoms with Gasteiger partial charge in [0, 0.05) is 17.8 Å². The van der Waals surface area contributed by atoms with E-state index < -0.39 is 5.97 Å². The quantitative estimate of drug-likeness (QED) is 0.541. The lowest BCUT2D eigenvalue weighted by molar-refractivity contribution is -0.132. The van der Waals surface area contributed by atoms with Crippen molar-refractivity contribution in [2.24, 2.45) is 0 Å². The first-order valence-electron chi connectivity index (χ1n) is 5.63. The van der Waals surface area contributed by atoms with Crippen molar-refractivity contribution in [3.05, 3.63) is 28.6 Å². The van der Waals surface area contributed by atoms with Gasteiger partial charge in [0.2, 0.25) is 0 Å². The summed E-state index contributed by atoms with van der Waals surface area (Å²) in [6.07, 6.45) is 2.07. The highest BCUT2D eigenvalue weighted by Gasteiger charge is 2.14. The number of aryl methyl sites for hydroxylation is 2. The number of aromatic amines is 1. The Bertz CT molecular complexity index is 469. The van der Waals surface area contributed by atoms with E-state index in [1.165, 1.54) is 6.92 Å². The minimum absolute atomic E-state index is 0.194. The van der Waals surface area contributed by atoms with E-state index in [-0.39, 0.29) is 11.5 Å². The van der Waals surface area contributed by atoms with Gasteiger partial charge in [0.25, 0.3) is 5.91 Å². The molecule has 1 rings (SSSR count). The number of carboxylic acids is 1. The average Bonchev–Trinajstić information content (AvgIpc) is 2.63. The number of aliphatic carboxylic acids is 1. The number of hydrogen-bond donors (Lipinski definition) is 3. The number of aromatic nitrogens is 2. The van der Waals surface area contributed by atoms with Gasteiger partial charge in [0.05, 0.1) is 11.3 Å². The molecule has 1 aromatic rings. The molecular formula is C12H17N3O3. The summed E-state index contributed by atoms with van der Waals surface area (Å²) in [7, 11) is 0. The molecule has 0 saturated heterocycles. The molecule has 1 aromatic heterocycles. The fourth-order valence-electron chi connectivity index (χ4n) is 1.54. The molecule has 3 N–H and O–H groups in total. The molecule has 0 atom stereocenters. The Labute approximate surface area is 105 Å². The van der Waals surface area contributed by atoms with Crippen LogP contribution in [0.2, 0.25) is 0 Å². The van der Waals surface area contributed by atoms with Crippen LogP contribution in [0, 0.1) is 13.8 Å². The van der Waals surface area contributed by atoms with Crippen molar-refractivity contribution in [2.75, 3.05) is 6.54 Å². The molecule has 1 amide bonds. The standard InChI is InChI=1S/C12H17N3O3/c1-7(12(17)18)5-4-6-13-11(16)10-8(2)14-15-9(10)3/h5H,4,6H2,1-3H3,(H,13,16)(H,14,15)(H,17,18). The van der Waals surface area contributed by atoms with Crippen LogP contribution < -0.4 is 5.32 Å². The Morgan fingerprint density at radius 3 is 2.61 bits per heavy atom. The Kier molecular flexibility index (Phi) is 4.65. The van der Waals surface area contributed by atoms with Gasteiger partial charge in [0.1, 0.15) is 0 Å². The third kappa shape index (κ3) is 3.44. The normalized spacial score (nSPS) is 11.4. The van der Waals surface area contributed by atoms with Crippen LogP contribution in [0.3, 0.4) is 0 Å². The third-order valence-electron chi connectivity index (χ3n) is 2.57. The van der Waals surface area contributed by atoms with Crippen LogP contribution in [-0.4, -0.2) is 33.7 Å². The van der Waals surface area contributed by atoms with Gasteiger partial charge in [-0.2, -0.15) is 5.10 Å². The SMILES string of the molecule is CC(=CCCNC(=O)c1c(C)n[nH]c1C)C(=O)O. The summed E-state index contributed by atoms with van der Waals surface area (Å²) in [6.45, 7) is 5.46. The summed E-state index contributed by atoms with van der Waals surface area (Å²) in [5.41, 5.74) is 2.21. The first kappa shape index (κ1) is 14.0. The Balaban J connectivity index is 2.48. The molecule has 0 aliphatic heterocycles. The van der Waals surface area contributed by atoms with E-state index in [9.17, 15) is 9.59 Å². The molecule has 0 saturated carbocycles. The molecule has 18 heavy (non-hydrogen) atoms. The third-order valence-corrected chi connectivity index (χ3v) is 2.57. The van der Waals surface area contributed by atoms with Crippen LogP contribution in [0.25, 0.3) is 0 Å². The van der Waals surface area contributed by atoms with Gasteiger partial charge in [-0.25, -0.2) is 4.79 Å². The highest BCUT2D eigenvalue weighted by molar-refractivity contribution is 5.96. The van der Waals surface area contributed by atoms with Gasteiger partial charge >= 0.3 is 5.97 Å². The number of H-pyrrole nitrogens is 1. The van der Waals surface area contributed by atoms with Crippen molar-refractivity contribution in [1.29, 1.82) is 0 Å². The largest absolute Gasteiger partial charge is 0.478 e. The molecule has 0 unspecified atom stereocenters. The highest BCUT2D eigenvalue weighted by Crippen LogP contribution is 2.08. The van der Waals surface area contributed by atoms with Crippen molar-refractivity contribution in [2.45, 2.75) is 27.2 Å². The molecule has 0 aliphatic rings. The number of nitrogens with zero attached hydrogens (tertiary/aromatic N) is 1. The lowest BCUT2D eigenvalue weighted by Gasteiger charge is -2.03. The zero-order chi connectivity index (χ0) is 13.7. The second-order valence-electron chi connectivity index (χ2n) is 4.05. The zero-order valence-electron chi connectivity index (χ0n) is 10.7. The maximum absolute atomic E-state index is 11.8. The first-order chi connectivity index (χ1) is 8.43. The summed E-state index contributed by atoms with van der Waals surface area (Å²) in [6, 6.07) is 0.